The number of hydrogen-bond donors (Lipinski definition) is 2. The van der Waals surface area contributed by atoms with E-state index in [2.05, 4.69) is 4.98 Å². The first-order valence-corrected chi connectivity index (χ1v) is 6.91. The van der Waals surface area contributed by atoms with E-state index in [1.165, 1.54) is 0 Å². The standard InChI is InChI=1S/C18H16N2O2.ClH/c1-22-15-8-6-13(7-9-15)12-2-4-14(5-3-12)16-10-11-17(20-16)18(19)21;/h2-11,20H,1H3,(H2,19,21);1H. The maximum absolute atomic E-state index is 11.1. The van der Waals surface area contributed by atoms with Crippen LogP contribution in [-0.2, 0) is 0 Å². The molecule has 23 heavy (non-hydrogen) atoms. The Morgan fingerprint density at radius 3 is 1.87 bits per heavy atom. The Morgan fingerprint density at radius 1 is 0.870 bits per heavy atom. The highest BCUT2D eigenvalue weighted by atomic mass is 35.5. The van der Waals surface area contributed by atoms with E-state index in [4.69, 9.17) is 10.5 Å². The van der Waals surface area contributed by atoms with Crippen molar-refractivity contribution < 1.29 is 9.53 Å². The molecule has 0 spiro atoms. The molecule has 0 saturated carbocycles. The third-order valence-electron chi connectivity index (χ3n) is 3.57. The Hall–Kier alpha value is -2.72. The summed E-state index contributed by atoms with van der Waals surface area (Å²) in [5.41, 5.74) is 9.78. The number of halogens is 1. The predicted octanol–water partition coefficient (Wildman–Crippen LogP) is 3.88. The summed E-state index contributed by atoms with van der Waals surface area (Å²) in [6, 6.07) is 19.6. The Bertz CT molecular complexity index is 793. The fourth-order valence-corrected chi connectivity index (χ4v) is 2.33. The molecule has 1 amide bonds. The van der Waals surface area contributed by atoms with Crippen molar-refractivity contribution in [3.63, 3.8) is 0 Å². The van der Waals surface area contributed by atoms with Crippen molar-refractivity contribution >= 4 is 18.3 Å². The minimum atomic E-state index is -0.457. The van der Waals surface area contributed by atoms with Gasteiger partial charge in [0.2, 0.25) is 0 Å². The first-order chi connectivity index (χ1) is 10.7. The zero-order valence-electron chi connectivity index (χ0n) is 12.6. The highest BCUT2D eigenvalue weighted by molar-refractivity contribution is 5.92. The fourth-order valence-electron chi connectivity index (χ4n) is 2.33. The van der Waals surface area contributed by atoms with E-state index in [9.17, 15) is 4.79 Å². The lowest BCUT2D eigenvalue weighted by atomic mass is 10.0. The maximum atomic E-state index is 11.1. The number of nitrogens with one attached hydrogen (secondary N) is 1. The number of benzene rings is 2. The van der Waals surface area contributed by atoms with E-state index in [0.717, 1.165) is 28.1 Å². The SMILES string of the molecule is COc1ccc(-c2ccc(-c3ccc(C(N)=O)[nH]3)cc2)cc1.Cl. The topological polar surface area (TPSA) is 68.1 Å². The Labute approximate surface area is 140 Å². The highest BCUT2D eigenvalue weighted by Gasteiger charge is 2.06. The number of hydrogen-bond acceptors (Lipinski definition) is 2. The van der Waals surface area contributed by atoms with Crippen LogP contribution in [0.1, 0.15) is 10.5 Å². The number of carbonyl (C=O) groups is 1. The van der Waals surface area contributed by atoms with Gasteiger partial charge in [0.1, 0.15) is 11.4 Å². The predicted molar refractivity (Wildman–Crippen MR) is 94.0 cm³/mol. The Morgan fingerprint density at radius 2 is 1.39 bits per heavy atom. The number of aromatic amines is 1. The van der Waals surface area contributed by atoms with Crippen LogP contribution in [0.25, 0.3) is 22.4 Å². The Balaban J connectivity index is 0.00000192. The van der Waals surface area contributed by atoms with Crippen molar-refractivity contribution in [3.8, 4) is 28.1 Å². The third-order valence-corrected chi connectivity index (χ3v) is 3.57. The largest absolute Gasteiger partial charge is 0.497 e. The van der Waals surface area contributed by atoms with Gasteiger partial charge in [0, 0.05) is 5.69 Å². The van der Waals surface area contributed by atoms with Crippen LogP contribution >= 0.6 is 12.4 Å². The zero-order valence-corrected chi connectivity index (χ0v) is 13.4. The van der Waals surface area contributed by atoms with Gasteiger partial charge in [-0.05, 0) is 41.0 Å². The van der Waals surface area contributed by atoms with Gasteiger partial charge < -0.3 is 15.5 Å². The lowest BCUT2D eigenvalue weighted by Gasteiger charge is -2.05. The number of aromatic nitrogens is 1. The number of methoxy groups -OCH3 is 1. The van der Waals surface area contributed by atoms with Gasteiger partial charge in [-0.3, -0.25) is 4.79 Å². The average molecular weight is 329 g/mol. The summed E-state index contributed by atoms with van der Waals surface area (Å²) in [7, 11) is 1.65. The summed E-state index contributed by atoms with van der Waals surface area (Å²) in [6.07, 6.45) is 0. The van der Waals surface area contributed by atoms with Crippen LogP contribution in [0.4, 0.5) is 0 Å². The van der Waals surface area contributed by atoms with Crippen molar-refractivity contribution in [2.45, 2.75) is 0 Å². The summed E-state index contributed by atoms with van der Waals surface area (Å²) in [4.78, 5) is 14.1. The molecule has 0 bridgehead atoms. The number of carbonyl (C=O) groups excluding carboxylic acids is 1. The van der Waals surface area contributed by atoms with E-state index >= 15 is 0 Å². The van der Waals surface area contributed by atoms with Gasteiger partial charge in [-0.1, -0.05) is 36.4 Å². The van der Waals surface area contributed by atoms with Crippen LogP contribution in [0.5, 0.6) is 5.75 Å². The molecule has 3 N–H and O–H groups in total. The molecule has 0 fully saturated rings. The number of nitrogens with two attached hydrogens (primary N) is 1. The van der Waals surface area contributed by atoms with Gasteiger partial charge in [-0.25, -0.2) is 0 Å². The molecule has 0 aliphatic heterocycles. The van der Waals surface area contributed by atoms with Gasteiger partial charge in [-0.15, -0.1) is 12.4 Å². The molecular formula is C18H17ClN2O2. The second-order valence-electron chi connectivity index (χ2n) is 4.96. The first-order valence-electron chi connectivity index (χ1n) is 6.91. The Kier molecular flexibility index (Phi) is 5.09. The number of amides is 1. The molecule has 0 radical (unpaired) electrons. The zero-order chi connectivity index (χ0) is 15.5. The van der Waals surface area contributed by atoms with Crippen LogP contribution in [0.15, 0.2) is 60.7 Å². The summed E-state index contributed by atoms with van der Waals surface area (Å²) < 4.78 is 5.16. The molecule has 1 aromatic heterocycles. The van der Waals surface area contributed by atoms with Crippen molar-refractivity contribution in [1.29, 1.82) is 0 Å². The summed E-state index contributed by atoms with van der Waals surface area (Å²) >= 11 is 0. The van der Waals surface area contributed by atoms with Crippen LogP contribution in [0.2, 0.25) is 0 Å². The maximum Gasteiger partial charge on any atom is 0.265 e. The molecule has 118 valence electrons. The summed E-state index contributed by atoms with van der Waals surface area (Å²) in [5, 5.41) is 0. The molecule has 2 aromatic carbocycles. The molecule has 0 atom stereocenters. The van der Waals surface area contributed by atoms with Gasteiger partial charge in [0.25, 0.3) is 5.91 Å². The minimum Gasteiger partial charge on any atom is -0.497 e. The number of ether oxygens (including phenoxy) is 1. The molecule has 5 heteroatoms. The third kappa shape index (κ3) is 3.55. The van der Waals surface area contributed by atoms with Crippen LogP contribution in [0, 0.1) is 0 Å². The van der Waals surface area contributed by atoms with Crippen LogP contribution in [0.3, 0.4) is 0 Å². The molecule has 3 rings (SSSR count). The number of primary amides is 1. The van der Waals surface area contributed by atoms with Crippen LogP contribution < -0.4 is 10.5 Å². The second kappa shape index (κ2) is 7.03. The quantitative estimate of drug-likeness (QED) is 0.763. The second-order valence-corrected chi connectivity index (χ2v) is 4.96. The molecular weight excluding hydrogens is 312 g/mol. The molecule has 0 aliphatic rings. The van der Waals surface area contributed by atoms with Gasteiger partial charge in [0.05, 0.1) is 7.11 Å². The van der Waals surface area contributed by atoms with Crippen LogP contribution in [-0.4, -0.2) is 18.0 Å². The summed E-state index contributed by atoms with van der Waals surface area (Å²) in [5.74, 6) is 0.381. The monoisotopic (exact) mass is 328 g/mol. The van der Waals surface area contributed by atoms with Gasteiger partial charge in [0.15, 0.2) is 0 Å². The lowest BCUT2D eigenvalue weighted by Crippen LogP contribution is -2.10. The highest BCUT2D eigenvalue weighted by Crippen LogP contribution is 2.25. The number of H-pyrrole nitrogens is 1. The molecule has 4 nitrogen and oxygen atoms in total. The normalized spacial score (nSPS) is 9.96. The van der Waals surface area contributed by atoms with E-state index in [1.807, 2.05) is 54.6 Å². The van der Waals surface area contributed by atoms with E-state index < -0.39 is 5.91 Å². The fraction of sp³-hybridized carbons (Fsp3) is 0.0556. The van der Waals surface area contributed by atoms with E-state index in [-0.39, 0.29) is 12.4 Å². The summed E-state index contributed by atoms with van der Waals surface area (Å²) in [6.45, 7) is 0. The smallest absolute Gasteiger partial charge is 0.265 e. The molecule has 0 saturated heterocycles. The minimum absolute atomic E-state index is 0. The number of rotatable bonds is 4. The first kappa shape index (κ1) is 16.6. The average Bonchev–Trinajstić information content (AvgIpc) is 3.05. The van der Waals surface area contributed by atoms with E-state index in [1.54, 1.807) is 13.2 Å². The van der Waals surface area contributed by atoms with Crippen molar-refractivity contribution in [3.05, 3.63) is 66.4 Å². The van der Waals surface area contributed by atoms with Crippen molar-refractivity contribution in [2.75, 3.05) is 7.11 Å². The van der Waals surface area contributed by atoms with Gasteiger partial charge in [-0.2, -0.15) is 0 Å². The molecule has 0 aliphatic carbocycles. The van der Waals surface area contributed by atoms with Crippen molar-refractivity contribution in [1.82, 2.24) is 4.98 Å². The molecule has 3 aromatic rings. The van der Waals surface area contributed by atoms with Gasteiger partial charge >= 0.3 is 0 Å². The van der Waals surface area contributed by atoms with E-state index in [0.29, 0.717) is 5.69 Å². The molecule has 1 heterocycles. The molecule has 0 unspecified atom stereocenters. The lowest BCUT2D eigenvalue weighted by molar-refractivity contribution is 0.0996. The van der Waals surface area contributed by atoms with Crippen molar-refractivity contribution in [2.24, 2.45) is 5.73 Å².